The summed E-state index contributed by atoms with van der Waals surface area (Å²) in [6.07, 6.45) is 0.868. The Bertz CT molecular complexity index is 243. The minimum absolute atomic E-state index is 0.0629. The second-order valence-electron chi connectivity index (χ2n) is 2.91. The molecule has 0 aromatic heterocycles. The maximum absolute atomic E-state index is 11.1. The van der Waals surface area contributed by atoms with Crippen molar-refractivity contribution in [2.24, 2.45) is 0 Å². The minimum atomic E-state index is -3.24. The molecule has 4 nitrogen and oxygen atoms in total. The van der Waals surface area contributed by atoms with Crippen LogP contribution in [0.3, 0.4) is 0 Å². The lowest BCUT2D eigenvalue weighted by Crippen LogP contribution is -2.19. The van der Waals surface area contributed by atoms with Crippen LogP contribution < -0.4 is 0 Å². The average molecular weight is 208 g/mol. The van der Waals surface area contributed by atoms with Gasteiger partial charge < -0.3 is 4.74 Å². The fourth-order valence-electron chi connectivity index (χ4n) is 0.814. The van der Waals surface area contributed by atoms with Crippen LogP contribution in [0.4, 0.5) is 0 Å². The number of ketones is 1. The molecule has 0 saturated carbocycles. The van der Waals surface area contributed by atoms with Crippen LogP contribution in [0, 0.1) is 0 Å². The quantitative estimate of drug-likeness (QED) is 0.569. The van der Waals surface area contributed by atoms with Crippen molar-refractivity contribution in [2.45, 2.75) is 20.3 Å². The first-order chi connectivity index (χ1) is 5.98. The molecule has 5 heteroatoms. The number of hydrogen-bond donors (Lipinski definition) is 0. The van der Waals surface area contributed by atoms with Crippen LogP contribution in [-0.2, 0) is 19.4 Å². The van der Waals surface area contributed by atoms with E-state index >= 15 is 0 Å². The van der Waals surface area contributed by atoms with Crippen molar-refractivity contribution in [3.63, 3.8) is 0 Å². The molecular formula is C8H16O4S. The number of carbonyl (C=O) groups is 1. The van der Waals surface area contributed by atoms with E-state index in [0.717, 1.165) is 6.42 Å². The molecule has 0 spiro atoms. The van der Waals surface area contributed by atoms with Crippen LogP contribution in [0.25, 0.3) is 0 Å². The zero-order valence-electron chi connectivity index (χ0n) is 8.08. The molecule has 0 aromatic carbocycles. The van der Waals surface area contributed by atoms with E-state index in [4.69, 9.17) is 4.74 Å². The standard InChI is InChI=1S/C8H16O4S/c1-3-4-12-5-6-13(10,11)7-8(2)9/h3-7H2,1-2H3. The van der Waals surface area contributed by atoms with Gasteiger partial charge in [-0.2, -0.15) is 0 Å². The highest BCUT2D eigenvalue weighted by atomic mass is 32.2. The third kappa shape index (κ3) is 7.93. The van der Waals surface area contributed by atoms with Gasteiger partial charge in [-0.1, -0.05) is 6.92 Å². The number of hydrogen-bond acceptors (Lipinski definition) is 4. The van der Waals surface area contributed by atoms with Gasteiger partial charge in [-0.15, -0.1) is 0 Å². The second-order valence-corrected chi connectivity index (χ2v) is 5.09. The molecule has 0 radical (unpaired) electrons. The summed E-state index contributed by atoms with van der Waals surface area (Å²) in [5.74, 6) is -0.759. The van der Waals surface area contributed by atoms with Crippen molar-refractivity contribution >= 4 is 15.6 Å². The third-order valence-corrected chi connectivity index (χ3v) is 2.95. The zero-order valence-corrected chi connectivity index (χ0v) is 8.89. The summed E-state index contributed by atoms with van der Waals surface area (Å²) in [6, 6.07) is 0. The highest BCUT2D eigenvalue weighted by Crippen LogP contribution is 1.92. The first-order valence-corrected chi connectivity index (χ1v) is 6.07. The molecule has 0 atom stereocenters. The summed E-state index contributed by atoms with van der Waals surface area (Å²) >= 11 is 0. The molecule has 0 bridgehead atoms. The molecule has 0 aliphatic heterocycles. The molecule has 0 aliphatic carbocycles. The van der Waals surface area contributed by atoms with Gasteiger partial charge in [0.1, 0.15) is 11.5 Å². The molecule has 0 amide bonds. The lowest BCUT2D eigenvalue weighted by Gasteiger charge is -2.02. The maximum Gasteiger partial charge on any atom is 0.159 e. The van der Waals surface area contributed by atoms with Crippen LogP contribution in [0.5, 0.6) is 0 Å². The molecular weight excluding hydrogens is 192 g/mol. The summed E-state index contributed by atoms with van der Waals surface area (Å²) in [5, 5.41) is 0. The van der Waals surface area contributed by atoms with E-state index in [1.54, 1.807) is 0 Å². The molecule has 0 aromatic rings. The van der Waals surface area contributed by atoms with Gasteiger partial charge in [0, 0.05) is 6.61 Å². The van der Waals surface area contributed by atoms with Crippen LogP contribution in [0.2, 0.25) is 0 Å². The lowest BCUT2D eigenvalue weighted by molar-refractivity contribution is -0.114. The van der Waals surface area contributed by atoms with Gasteiger partial charge in [-0.25, -0.2) is 8.42 Å². The number of sulfone groups is 1. The summed E-state index contributed by atoms with van der Waals surface area (Å²) in [6.45, 7) is 3.97. The maximum atomic E-state index is 11.1. The molecule has 13 heavy (non-hydrogen) atoms. The normalized spacial score (nSPS) is 11.5. The van der Waals surface area contributed by atoms with Crippen molar-refractivity contribution < 1.29 is 17.9 Å². The third-order valence-electron chi connectivity index (χ3n) is 1.31. The topological polar surface area (TPSA) is 60.4 Å². The molecule has 0 rings (SSSR count). The fraction of sp³-hybridized carbons (Fsp3) is 0.875. The van der Waals surface area contributed by atoms with Gasteiger partial charge in [0.15, 0.2) is 9.84 Å². The van der Waals surface area contributed by atoms with Crippen molar-refractivity contribution in [2.75, 3.05) is 24.7 Å². The zero-order chi connectivity index (χ0) is 10.3. The van der Waals surface area contributed by atoms with Gasteiger partial charge in [-0.3, -0.25) is 4.79 Å². The fourth-order valence-corrected chi connectivity index (χ4v) is 1.95. The summed E-state index contributed by atoms with van der Waals surface area (Å²) < 4.78 is 27.2. The molecule has 0 fully saturated rings. The minimum Gasteiger partial charge on any atom is -0.380 e. The number of rotatable bonds is 7. The van der Waals surface area contributed by atoms with Crippen LogP contribution in [0.1, 0.15) is 20.3 Å². The van der Waals surface area contributed by atoms with Crippen LogP contribution in [0.15, 0.2) is 0 Å². The Labute approximate surface area is 79.2 Å². The monoisotopic (exact) mass is 208 g/mol. The molecule has 0 N–H and O–H groups in total. The Morgan fingerprint density at radius 2 is 1.92 bits per heavy atom. The Morgan fingerprint density at radius 3 is 2.38 bits per heavy atom. The predicted octanol–water partition coefficient (Wildman–Crippen LogP) is 0.417. The second kappa shape index (κ2) is 6.10. The average Bonchev–Trinajstić information content (AvgIpc) is 1.95. The summed E-state index contributed by atoms with van der Waals surface area (Å²) in [7, 11) is -3.24. The van der Waals surface area contributed by atoms with Gasteiger partial charge >= 0.3 is 0 Å². The largest absolute Gasteiger partial charge is 0.380 e. The first-order valence-electron chi connectivity index (χ1n) is 4.25. The molecule has 0 saturated heterocycles. The Hall–Kier alpha value is -0.420. The summed E-state index contributed by atoms with van der Waals surface area (Å²) in [5.41, 5.74) is 0. The lowest BCUT2D eigenvalue weighted by atomic mass is 10.5. The van der Waals surface area contributed by atoms with Gasteiger partial charge in [0.25, 0.3) is 0 Å². The van der Waals surface area contributed by atoms with Crippen molar-refractivity contribution in [3.8, 4) is 0 Å². The van der Waals surface area contributed by atoms with Crippen molar-refractivity contribution in [3.05, 3.63) is 0 Å². The Balaban J connectivity index is 3.71. The van der Waals surface area contributed by atoms with E-state index in [1.807, 2.05) is 6.92 Å². The van der Waals surface area contributed by atoms with Gasteiger partial charge in [0.05, 0.1) is 12.4 Å². The Morgan fingerprint density at radius 1 is 1.31 bits per heavy atom. The number of Topliss-reactive ketones (excluding diaryl/α,β-unsaturated/α-hetero) is 1. The van der Waals surface area contributed by atoms with E-state index < -0.39 is 9.84 Å². The van der Waals surface area contributed by atoms with Crippen LogP contribution in [-0.4, -0.2) is 38.9 Å². The first kappa shape index (κ1) is 12.6. The van der Waals surface area contributed by atoms with E-state index in [0.29, 0.717) is 6.61 Å². The summed E-state index contributed by atoms with van der Waals surface area (Å²) in [4.78, 5) is 10.5. The van der Waals surface area contributed by atoms with Crippen LogP contribution >= 0.6 is 0 Å². The molecule has 0 unspecified atom stereocenters. The van der Waals surface area contributed by atoms with E-state index in [1.165, 1.54) is 6.92 Å². The SMILES string of the molecule is CCCOCCS(=O)(=O)CC(C)=O. The van der Waals surface area contributed by atoms with E-state index in [-0.39, 0.29) is 23.9 Å². The predicted molar refractivity (Wildman–Crippen MR) is 50.4 cm³/mol. The van der Waals surface area contributed by atoms with Gasteiger partial charge in [0.2, 0.25) is 0 Å². The van der Waals surface area contributed by atoms with E-state index in [2.05, 4.69) is 0 Å². The van der Waals surface area contributed by atoms with Gasteiger partial charge in [-0.05, 0) is 13.3 Å². The molecule has 78 valence electrons. The van der Waals surface area contributed by atoms with Crippen molar-refractivity contribution in [1.82, 2.24) is 0 Å². The van der Waals surface area contributed by atoms with Crippen molar-refractivity contribution in [1.29, 1.82) is 0 Å². The molecule has 0 aliphatic rings. The highest BCUT2D eigenvalue weighted by molar-refractivity contribution is 7.92. The smallest absolute Gasteiger partial charge is 0.159 e. The molecule has 0 heterocycles. The van der Waals surface area contributed by atoms with E-state index in [9.17, 15) is 13.2 Å². The highest BCUT2D eigenvalue weighted by Gasteiger charge is 2.12. The number of ether oxygens (including phenoxy) is 1. The Kier molecular flexibility index (Phi) is 5.90. The number of carbonyl (C=O) groups excluding carboxylic acids is 1.